The molecule has 1 saturated heterocycles. The summed E-state index contributed by atoms with van der Waals surface area (Å²) in [5, 5.41) is 3.43. The molecule has 0 saturated carbocycles. The zero-order valence-corrected chi connectivity index (χ0v) is 11.5. The Kier molecular flexibility index (Phi) is 4.80. The first-order valence-electron chi connectivity index (χ1n) is 6.91. The van der Waals surface area contributed by atoms with E-state index in [9.17, 15) is 4.79 Å². The first-order chi connectivity index (χ1) is 9.24. The molecule has 2 rings (SSSR count). The molecule has 0 amide bonds. The predicted molar refractivity (Wildman–Crippen MR) is 73.1 cm³/mol. The number of benzene rings is 1. The number of carbonyl (C=O) groups excluding carboxylic acids is 1. The molecular formula is C15H21NO3. The van der Waals surface area contributed by atoms with Crippen molar-refractivity contribution in [3.05, 3.63) is 29.8 Å². The molecule has 1 N–H and O–H groups in total. The number of nitrogens with one attached hydrogen (secondary N) is 1. The molecule has 0 radical (unpaired) electrons. The van der Waals surface area contributed by atoms with Crippen molar-refractivity contribution in [2.24, 2.45) is 0 Å². The molecule has 0 aromatic heterocycles. The molecule has 104 valence electrons. The second-order valence-electron chi connectivity index (χ2n) is 4.65. The summed E-state index contributed by atoms with van der Waals surface area (Å²) in [7, 11) is 0. The Morgan fingerprint density at radius 3 is 2.63 bits per heavy atom. The van der Waals surface area contributed by atoms with Crippen LogP contribution in [0.15, 0.2) is 24.3 Å². The van der Waals surface area contributed by atoms with E-state index in [1.807, 2.05) is 24.3 Å². The van der Waals surface area contributed by atoms with Crippen LogP contribution in [0.1, 0.15) is 38.3 Å². The van der Waals surface area contributed by atoms with E-state index in [1.54, 1.807) is 0 Å². The van der Waals surface area contributed by atoms with Gasteiger partial charge in [0.05, 0.1) is 6.61 Å². The SMILES string of the molecule is CCNC(CC)c1ccc(OC2CCOC2=O)cc1. The maximum atomic E-state index is 11.3. The summed E-state index contributed by atoms with van der Waals surface area (Å²) >= 11 is 0. The fourth-order valence-electron chi connectivity index (χ4n) is 2.27. The van der Waals surface area contributed by atoms with Gasteiger partial charge in [0.25, 0.3) is 0 Å². The standard InChI is InChI=1S/C15H21NO3/c1-3-13(16-4-2)11-5-7-12(8-6-11)19-14-9-10-18-15(14)17/h5-8,13-14,16H,3-4,9-10H2,1-2H3. The second kappa shape index (κ2) is 6.57. The molecule has 1 fully saturated rings. The number of hydrogen-bond donors (Lipinski definition) is 1. The van der Waals surface area contributed by atoms with Crippen molar-refractivity contribution < 1.29 is 14.3 Å². The minimum absolute atomic E-state index is 0.261. The molecule has 1 aromatic carbocycles. The van der Waals surface area contributed by atoms with E-state index in [4.69, 9.17) is 9.47 Å². The van der Waals surface area contributed by atoms with Crippen LogP contribution in [0.4, 0.5) is 0 Å². The molecule has 19 heavy (non-hydrogen) atoms. The maximum Gasteiger partial charge on any atom is 0.347 e. The summed E-state index contributed by atoms with van der Waals surface area (Å²) in [5.41, 5.74) is 1.24. The van der Waals surface area contributed by atoms with E-state index in [0.29, 0.717) is 19.1 Å². The zero-order valence-electron chi connectivity index (χ0n) is 11.5. The van der Waals surface area contributed by atoms with E-state index >= 15 is 0 Å². The van der Waals surface area contributed by atoms with Gasteiger partial charge in [-0.05, 0) is 30.7 Å². The van der Waals surface area contributed by atoms with Crippen molar-refractivity contribution in [1.82, 2.24) is 5.32 Å². The summed E-state index contributed by atoms with van der Waals surface area (Å²) < 4.78 is 10.5. The summed E-state index contributed by atoms with van der Waals surface area (Å²) in [6.45, 7) is 5.67. The van der Waals surface area contributed by atoms with E-state index in [-0.39, 0.29) is 5.97 Å². The Hall–Kier alpha value is -1.55. The Morgan fingerprint density at radius 1 is 1.37 bits per heavy atom. The van der Waals surface area contributed by atoms with Crippen molar-refractivity contribution in [3.8, 4) is 5.75 Å². The topological polar surface area (TPSA) is 47.6 Å². The average Bonchev–Trinajstić information content (AvgIpc) is 2.83. The number of rotatable bonds is 6. The Bertz CT molecular complexity index is 416. The highest BCUT2D eigenvalue weighted by Gasteiger charge is 2.28. The fourth-order valence-corrected chi connectivity index (χ4v) is 2.27. The van der Waals surface area contributed by atoms with Gasteiger partial charge in [0, 0.05) is 12.5 Å². The van der Waals surface area contributed by atoms with Gasteiger partial charge in [-0.3, -0.25) is 0 Å². The van der Waals surface area contributed by atoms with Crippen LogP contribution in [0.5, 0.6) is 5.75 Å². The molecule has 0 aliphatic carbocycles. The van der Waals surface area contributed by atoms with Gasteiger partial charge in [-0.1, -0.05) is 26.0 Å². The smallest absolute Gasteiger partial charge is 0.347 e. The van der Waals surface area contributed by atoms with Crippen molar-refractivity contribution >= 4 is 5.97 Å². The normalized spacial score (nSPS) is 20.1. The molecule has 4 nitrogen and oxygen atoms in total. The van der Waals surface area contributed by atoms with Gasteiger partial charge in [0.2, 0.25) is 0 Å². The van der Waals surface area contributed by atoms with E-state index in [2.05, 4.69) is 19.2 Å². The van der Waals surface area contributed by atoms with Gasteiger partial charge in [0.1, 0.15) is 5.75 Å². The second-order valence-corrected chi connectivity index (χ2v) is 4.65. The van der Waals surface area contributed by atoms with Crippen molar-refractivity contribution in [2.45, 2.75) is 38.8 Å². The fraction of sp³-hybridized carbons (Fsp3) is 0.533. The lowest BCUT2D eigenvalue weighted by Crippen LogP contribution is -2.22. The molecule has 0 spiro atoms. The number of esters is 1. The van der Waals surface area contributed by atoms with Crippen LogP contribution in [0, 0.1) is 0 Å². The minimum Gasteiger partial charge on any atom is -0.479 e. The molecule has 2 unspecified atom stereocenters. The van der Waals surface area contributed by atoms with Gasteiger partial charge >= 0.3 is 5.97 Å². The number of carbonyl (C=O) groups is 1. The first kappa shape index (κ1) is 13.9. The molecule has 1 aromatic rings. The van der Waals surface area contributed by atoms with E-state index < -0.39 is 6.10 Å². The van der Waals surface area contributed by atoms with Gasteiger partial charge in [0.15, 0.2) is 6.10 Å². The predicted octanol–water partition coefficient (Wildman–Crippen LogP) is 2.44. The monoisotopic (exact) mass is 263 g/mol. The Balaban J connectivity index is 1.99. The summed E-state index contributed by atoms with van der Waals surface area (Å²) in [4.78, 5) is 11.3. The van der Waals surface area contributed by atoms with Crippen molar-refractivity contribution in [3.63, 3.8) is 0 Å². The van der Waals surface area contributed by atoms with Gasteiger partial charge in [-0.2, -0.15) is 0 Å². The van der Waals surface area contributed by atoms with E-state index in [1.165, 1.54) is 5.56 Å². The highest BCUT2D eigenvalue weighted by Crippen LogP contribution is 2.22. The Morgan fingerprint density at radius 2 is 2.11 bits per heavy atom. The third-order valence-corrected chi connectivity index (χ3v) is 3.31. The summed E-state index contributed by atoms with van der Waals surface area (Å²) in [5.74, 6) is 0.460. The molecular weight excluding hydrogens is 242 g/mol. The highest BCUT2D eigenvalue weighted by molar-refractivity contribution is 5.76. The maximum absolute atomic E-state index is 11.3. The van der Waals surface area contributed by atoms with E-state index in [0.717, 1.165) is 18.7 Å². The van der Waals surface area contributed by atoms with Crippen LogP contribution in [0.2, 0.25) is 0 Å². The number of hydrogen-bond acceptors (Lipinski definition) is 4. The van der Waals surface area contributed by atoms with Crippen LogP contribution in [0.3, 0.4) is 0 Å². The largest absolute Gasteiger partial charge is 0.479 e. The molecule has 0 bridgehead atoms. The van der Waals surface area contributed by atoms with Crippen LogP contribution in [-0.2, 0) is 9.53 Å². The first-order valence-corrected chi connectivity index (χ1v) is 6.91. The van der Waals surface area contributed by atoms with Crippen LogP contribution >= 0.6 is 0 Å². The van der Waals surface area contributed by atoms with Gasteiger partial charge in [-0.15, -0.1) is 0 Å². The quantitative estimate of drug-likeness (QED) is 0.801. The third-order valence-electron chi connectivity index (χ3n) is 3.31. The molecule has 1 aliphatic rings. The van der Waals surface area contributed by atoms with Crippen LogP contribution < -0.4 is 10.1 Å². The molecule has 1 heterocycles. The zero-order chi connectivity index (χ0) is 13.7. The lowest BCUT2D eigenvalue weighted by Gasteiger charge is -2.17. The van der Waals surface area contributed by atoms with Crippen LogP contribution in [0.25, 0.3) is 0 Å². The van der Waals surface area contributed by atoms with Gasteiger partial charge < -0.3 is 14.8 Å². The lowest BCUT2D eigenvalue weighted by molar-refractivity contribution is -0.143. The summed E-state index contributed by atoms with van der Waals surface area (Å²) in [6, 6.07) is 8.30. The number of cyclic esters (lactones) is 1. The van der Waals surface area contributed by atoms with Gasteiger partial charge in [-0.25, -0.2) is 4.79 Å². The number of ether oxygens (including phenoxy) is 2. The molecule has 4 heteroatoms. The highest BCUT2D eigenvalue weighted by atomic mass is 16.6. The van der Waals surface area contributed by atoms with Crippen molar-refractivity contribution in [2.75, 3.05) is 13.2 Å². The Labute approximate surface area is 114 Å². The average molecular weight is 263 g/mol. The summed E-state index contributed by atoms with van der Waals surface area (Å²) in [6.07, 6.45) is 1.24. The third kappa shape index (κ3) is 3.47. The minimum atomic E-state index is -0.443. The van der Waals surface area contributed by atoms with Crippen LogP contribution in [-0.4, -0.2) is 25.2 Å². The molecule has 2 atom stereocenters. The lowest BCUT2D eigenvalue weighted by atomic mass is 10.0. The molecule has 1 aliphatic heterocycles. The van der Waals surface area contributed by atoms with Crippen molar-refractivity contribution in [1.29, 1.82) is 0 Å².